The third-order valence-corrected chi connectivity index (χ3v) is 5.10. The van der Waals surface area contributed by atoms with Crippen LogP contribution in [0.1, 0.15) is 24.0 Å². The SMILES string of the molecule is Cc1ccc(C)c(NC(=O)CN(CC2CCCO2)S(C)(=O)=O)c1. The molecule has 1 heterocycles. The number of carbonyl (C=O) groups excluding carboxylic acids is 1. The number of nitrogens with one attached hydrogen (secondary N) is 1. The Morgan fingerprint density at radius 3 is 2.74 bits per heavy atom. The summed E-state index contributed by atoms with van der Waals surface area (Å²) in [5, 5.41) is 2.79. The fourth-order valence-corrected chi connectivity index (χ4v) is 3.34. The summed E-state index contributed by atoms with van der Waals surface area (Å²) in [6.45, 7) is 4.51. The normalized spacial score (nSPS) is 18.3. The van der Waals surface area contributed by atoms with Crippen molar-refractivity contribution >= 4 is 21.6 Å². The van der Waals surface area contributed by atoms with Crippen LogP contribution in [-0.2, 0) is 19.6 Å². The quantitative estimate of drug-likeness (QED) is 0.855. The van der Waals surface area contributed by atoms with Gasteiger partial charge in [0.05, 0.1) is 18.9 Å². The Hall–Kier alpha value is -1.44. The molecule has 1 amide bonds. The van der Waals surface area contributed by atoms with Gasteiger partial charge in [0, 0.05) is 18.8 Å². The lowest BCUT2D eigenvalue weighted by Crippen LogP contribution is -2.41. The van der Waals surface area contributed by atoms with Crippen molar-refractivity contribution in [1.82, 2.24) is 4.31 Å². The van der Waals surface area contributed by atoms with Gasteiger partial charge in [-0.05, 0) is 43.9 Å². The molecular weight excluding hydrogens is 316 g/mol. The smallest absolute Gasteiger partial charge is 0.239 e. The van der Waals surface area contributed by atoms with E-state index >= 15 is 0 Å². The molecule has 0 aromatic heterocycles. The second-order valence-corrected chi connectivity index (χ2v) is 8.04. The van der Waals surface area contributed by atoms with Crippen molar-refractivity contribution in [2.24, 2.45) is 0 Å². The van der Waals surface area contributed by atoms with Crippen LogP contribution in [0.3, 0.4) is 0 Å². The van der Waals surface area contributed by atoms with E-state index < -0.39 is 10.0 Å². The third-order valence-electron chi connectivity index (χ3n) is 3.89. The summed E-state index contributed by atoms with van der Waals surface area (Å²) in [6, 6.07) is 5.76. The zero-order valence-corrected chi connectivity index (χ0v) is 14.6. The summed E-state index contributed by atoms with van der Waals surface area (Å²) in [4.78, 5) is 12.2. The van der Waals surface area contributed by atoms with Crippen LogP contribution < -0.4 is 5.32 Å². The van der Waals surface area contributed by atoms with Crippen molar-refractivity contribution in [2.45, 2.75) is 32.8 Å². The number of nitrogens with zero attached hydrogens (tertiary/aromatic N) is 1. The molecule has 0 saturated carbocycles. The van der Waals surface area contributed by atoms with E-state index in [-0.39, 0.29) is 25.1 Å². The molecule has 0 radical (unpaired) electrons. The molecule has 0 bridgehead atoms. The standard InChI is InChI=1S/C16H24N2O4S/c1-12-6-7-13(2)15(9-12)17-16(19)11-18(23(3,20)21)10-14-5-4-8-22-14/h6-7,9,14H,4-5,8,10-11H2,1-3H3,(H,17,19). The summed E-state index contributed by atoms with van der Waals surface area (Å²) in [6.07, 6.45) is 2.74. The molecule has 6 nitrogen and oxygen atoms in total. The first-order chi connectivity index (χ1) is 10.8. The minimum absolute atomic E-state index is 0.127. The van der Waals surface area contributed by atoms with Gasteiger partial charge in [0.1, 0.15) is 0 Å². The fourth-order valence-electron chi connectivity index (χ4n) is 2.55. The Morgan fingerprint density at radius 2 is 2.13 bits per heavy atom. The van der Waals surface area contributed by atoms with Crippen LogP contribution in [0.5, 0.6) is 0 Å². The fraction of sp³-hybridized carbons (Fsp3) is 0.562. The summed E-state index contributed by atoms with van der Waals surface area (Å²) in [5.41, 5.74) is 2.68. The van der Waals surface area contributed by atoms with Crippen molar-refractivity contribution in [3.05, 3.63) is 29.3 Å². The van der Waals surface area contributed by atoms with Gasteiger partial charge < -0.3 is 10.1 Å². The topological polar surface area (TPSA) is 75.7 Å². The molecule has 23 heavy (non-hydrogen) atoms. The van der Waals surface area contributed by atoms with Gasteiger partial charge in [-0.3, -0.25) is 4.79 Å². The lowest BCUT2D eigenvalue weighted by Gasteiger charge is -2.22. The largest absolute Gasteiger partial charge is 0.377 e. The Balaban J connectivity index is 2.03. The predicted molar refractivity (Wildman–Crippen MR) is 89.9 cm³/mol. The van der Waals surface area contributed by atoms with Crippen molar-refractivity contribution in [1.29, 1.82) is 0 Å². The van der Waals surface area contributed by atoms with Crippen molar-refractivity contribution in [3.8, 4) is 0 Å². The van der Waals surface area contributed by atoms with Gasteiger partial charge in [-0.15, -0.1) is 0 Å². The van der Waals surface area contributed by atoms with Crippen LogP contribution in [0.15, 0.2) is 18.2 Å². The van der Waals surface area contributed by atoms with Crippen molar-refractivity contribution in [3.63, 3.8) is 0 Å². The van der Waals surface area contributed by atoms with E-state index in [1.165, 1.54) is 4.31 Å². The summed E-state index contributed by atoms with van der Waals surface area (Å²) in [5.74, 6) is -0.345. The van der Waals surface area contributed by atoms with Crippen LogP contribution in [0.25, 0.3) is 0 Å². The summed E-state index contributed by atoms with van der Waals surface area (Å²) >= 11 is 0. The minimum Gasteiger partial charge on any atom is -0.377 e. The average Bonchev–Trinajstić information content (AvgIpc) is 2.94. The highest BCUT2D eigenvalue weighted by Crippen LogP contribution is 2.17. The first kappa shape index (κ1) is 17.9. The summed E-state index contributed by atoms with van der Waals surface area (Å²) < 4.78 is 30.5. The average molecular weight is 340 g/mol. The predicted octanol–water partition coefficient (Wildman–Crippen LogP) is 1.68. The molecule has 1 atom stereocenters. The second-order valence-electron chi connectivity index (χ2n) is 6.06. The zero-order valence-electron chi connectivity index (χ0n) is 13.8. The monoisotopic (exact) mass is 340 g/mol. The number of sulfonamides is 1. The van der Waals surface area contributed by atoms with E-state index in [0.29, 0.717) is 12.3 Å². The highest BCUT2D eigenvalue weighted by Gasteiger charge is 2.26. The van der Waals surface area contributed by atoms with Crippen LogP contribution in [0.4, 0.5) is 5.69 Å². The minimum atomic E-state index is -3.47. The Kier molecular flexibility index (Phi) is 5.78. The Labute approximate surface area is 137 Å². The van der Waals surface area contributed by atoms with E-state index in [1.807, 2.05) is 32.0 Å². The van der Waals surface area contributed by atoms with E-state index in [1.54, 1.807) is 0 Å². The maximum Gasteiger partial charge on any atom is 0.239 e. The van der Waals surface area contributed by atoms with Crippen molar-refractivity contribution in [2.75, 3.05) is 31.3 Å². The lowest BCUT2D eigenvalue weighted by molar-refractivity contribution is -0.116. The molecule has 1 saturated heterocycles. The molecule has 1 aromatic carbocycles. The molecule has 7 heteroatoms. The molecule has 1 unspecified atom stereocenters. The number of carbonyl (C=O) groups is 1. The van der Waals surface area contributed by atoms with Gasteiger partial charge in [-0.25, -0.2) is 8.42 Å². The second kappa shape index (κ2) is 7.42. The molecule has 128 valence electrons. The maximum absolute atomic E-state index is 12.2. The first-order valence-corrected chi connectivity index (χ1v) is 9.54. The molecule has 1 N–H and O–H groups in total. The number of anilines is 1. The zero-order chi connectivity index (χ0) is 17.0. The van der Waals surface area contributed by atoms with Crippen LogP contribution in [-0.4, -0.2) is 50.7 Å². The first-order valence-electron chi connectivity index (χ1n) is 7.69. The molecule has 1 fully saturated rings. The van der Waals surface area contributed by atoms with Gasteiger partial charge in [-0.2, -0.15) is 4.31 Å². The number of benzene rings is 1. The van der Waals surface area contributed by atoms with Gasteiger partial charge in [0.2, 0.25) is 15.9 Å². The maximum atomic E-state index is 12.2. The molecule has 1 aliphatic heterocycles. The van der Waals surface area contributed by atoms with E-state index in [0.717, 1.165) is 30.2 Å². The molecular formula is C16H24N2O4S. The molecule has 1 aromatic rings. The van der Waals surface area contributed by atoms with Crippen LogP contribution >= 0.6 is 0 Å². The number of hydrogen-bond donors (Lipinski definition) is 1. The van der Waals surface area contributed by atoms with Gasteiger partial charge in [-0.1, -0.05) is 12.1 Å². The molecule has 2 rings (SSSR count). The number of hydrogen-bond acceptors (Lipinski definition) is 4. The Morgan fingerprint density at radius 1 is 1.39 bits per heavy atom. The van der Waals surface area contributed by atoms with Crippen LogP contribution in [0, 0.1) is 13.8 Å². The highest BCUT2D eigenvalue weighted by molar-refractivity contribution is 7.88. The molecule has 0 aliphatic carbocycles. The molecule has 1 aliphatic rings. The van der Waals surface area contributed by atoms with E-state index in [4.69, 9.17) is 4.74 Å². The third kappa shape index (κ3) is 5.30. The van der Waals surface area contributed by atoms with Gasteiger partial charge in [0.25, 0.3) is 0 Å². The van der Waals surface area contributed by atoms with E-state index in [9.17, 15) is 13.2 Å². The highest BCUT2D eigenvalue weighted by atomic mass is 32.2. The molecule has 0 spiro atoms. The van der Waals surface area contributed by atoms with E-state index in [2.05, 4.69) is 5.32 Å². The number of amides is 1. The van der Waals surface area contributed by atoms with Crippen molar-refractivity contribution < 1.29 is 17.9 Å². The number of ether oxygens (including phenoxy) is 1. The Bertz CT molecular complexity index is 667. The number of rotatable bonds is 6. The van der Waals surface area contributed by atoms with Gasteiger partial charge in [0.15, 0.2) is 0 Å². The number of aryl methyl sites for hydroxylation is 2. The lowest BCUT2D eigenvalue weighted by atomic mass is 10.1. The van der Waals surface area contributed by atoms with Gasteiger partial charge >= 0.3 is 0 Å². The summed E-state index contributed by atoms with van der Waals surface area (Å²) in [7, 11) is -3.47. The van der Waals surface area contributed by atoms with Crippen LogP contribution in [0.2, 0.25) is 0 Å².